The third-order valence-corrected chi connectivity index (χ3v) is 6.11. The summed E-state index contributed by atoms with van der Waals surface area (Å²) in [6.07, 6.45) is 5.40. The monoisotopic (exact) mass is 380 g/mol. The van der Waals surface area contributed by atoms with E-state index >= 15 is 0 Å². The molecule has 2 aliphatic carbocycles. The van der Waals surface area contributed by atoms with E-state index in [-0.39, 0.29) is 17.9 Å². The SMILES string of the molecule is CCOc1c(Cl)cc(CNC(=O)C2CC3CCCC(C2)C3N)cc1OC. The lowest BCUT2D eigenvalue weighted by molar-refractivity contribution is -0.128. The summed E-state index contributed by atoms with van der Waals surface area (Å²) >= 11 is 6.31. The highest BCUT2D eigenvalue weighted by Gasteiger charge is 2.40. The number of nitrogens with one attached hydrogen (secondary N) is 1. The lowest BCUT2D eigenvalue weighted by Gasteiger charge is -2.43. The summed E-state index contributed by atoms with van der Waals surface area (Å²) in [5.41, 5.74) is 7.23. The normalized spacial score (nSPS) is 27.7. The minimum Gasteiger partial charge on any atom is -0.493 e. The van der Waals surface area contributed by atoms with Crippen molar-refractivity contribution in [1.29, 1.82) is 0 Å². The summed E-state index contributed by atoms with van der Waals surface area (Å²) in [4.78, 5) is 12.7. The molecule has 2 saturated carbocycles. The van der Waals surface area contributed by atoms with Crippen molar-refractivity contribution < 1.29 is 14.3 Å². The molecule has 144 valence electrons. The zero-order chi connectivity index (χ0) is 18.7. The summed E-state index contributed by atoms with van der Waals surface area (Å²) < 4.78 is 10.9. The number of carbonyl (C=O) groups excluding carboxylic acids is 1. The van der Waals surface area contributed by atoms with Gasteiger partial charge < -0.3 is 20.5 Å². The van der Waals surface area contributed by atoms with Crippen LogP contribution in [-0.2, 0) is 11.3 Å². The molecule has 0 aliphatic heterocycles. The molecule has 0 radical (unpaired) electrons. The molecule has 0 aromatic heterocycles. The zero-order valence-electron chi connectivity index (χ0n) is 15.6. The topological polar surface area (TPSA) is 73.6 Å². The first-order valence-electron chi connectivity index (χ1n) is 9.56. The van der Waals surface area contributed by atoms with E-state index in [1.165, 1.54) is 6.42 Å². The molecular formula is C20H29ClN2O3. The highest BCUT2D eigenvalue weighted by molar-refractivity contribution is 6.32. The van der Waals surface area contributed by atoms with Gasteiger partial charge in [-0.1, -0.05) is 18.0 Å². The van der Waals surface area contributed by atoms with Crippen LogP contribution in [-0.4, -0.2) is 25.7 Å². The Hall–Kier alpha value is -1.46. The van der Waals surface area contributed by atoms with Gasteiger partial charge in [-0.2, -0.15) is 0 Å². The van der Waals surface area contributed by atoms with Gasteiger partial charge in [0.1, 0.15) is 0 Å². The van der Waals surface area contributed by atoms with Crippen LogP contribution in [0.25, 0.3) is 0 Å². The number of hydrogen-bond donors (Lipinski definition) is 2. The molecule has 0 saturated heterocycles. The Morgan fingerprint density at radius 1 is 1.31 bits per heavy atom. The first-order valence-corrected chi connectivity index (χ1v) is 9.93. The van der Waals surface area contributed by atoms with Gasteiger partial charge in [0.05, 0.1) is 18.7 Å². The van der Waals surface area contributed by atoms with Gasteiger partial charge in [0, 0.05) is 18.5 Å². The maximum atomic E-state index is 12.7. The number of fused-ring (bicyclic) bond motifs is 2. The van der Waals surface area contributed by atoms with E-state index in [9.17, 15) is 4.79 Å². The number of methoxy groups -OCH3 is 1. The second kappa shape index (κ2) is 8.49. The Morgan fingerprint density at radius 2 is 2.00 bits per heavy atom. The van der Waals surface area contributed by atoms with E-state index in [2.05, 4.69) is 5.32 Å². The fourth-order valence-corrected chi connectivity index (χ4v) is 4.78. The van der Waals surface area contributed by atoms with Crippen LogP contribution in [0.15, 0.2) is 12.1 Å². The fraction of sp³-hybridized carbons (Fsp3) is 0.650. The smallest absolute Gasteiger partial charge is 0.223 e. The Kier molecular flexibility index (Phi) is 6.30. The molecule has 2 fully saturated rings. The minimum absolute atomic E-state index is 0.0742. The molecule has 6 heteroatoms. The second-order valence-electron chi connectivity index (χ2n) is 7.46. The molecule has 2 aliphatic rings. The number of rotatable bonds is 6. The summed E-state index contributed by atoms with van der Waals surface area (Å²) in [5.74, 6) is 2.32. The number of benzene rings is 1. The lowest BCUT2D eigenvalue weighted by atomic mass is 9.65. The zero-order valence-corrected chi connectivity index (χ0v) is 16.3. The predicted octanol–water partition coefficient (Wildman–Crippen LogP) is 3.52. The predicted molar refractivity (Wildman–Crippen MR) is 103 cm³/mol. The Bertz CT molecular complexity index is 638. The van der Waals surface area contributed by atoms with Crippen LogP contribution < -0.4 is 20.5 Å². The van der Waals surface area contributed by atoms with Gasteiger partial charge in [-0.25, -0.2) is 0 Å². The molecular weight excluding hydrogens is 352 g/mol. The van der Waals surface area contributed by atoms with Crippen molar-refractivity contribution >= 4 is 17.5 Å². The number of nitrogens with two attached hydrogens (primary N) is 1. The van der Waals surface area contributed by atoms with Crippen molar-refractivity contribution in [1.82, 2.24) is 5.32 Å². The quantitative estimate of drug-likeness (QED) is 0.791. The molecule has 2 unspecified atom stereocenters. The second-order valence-corrected chi connectivity index (χ2v) is 7.86. The van der Waals surface area contributed by atoms with Gasteiger partial charge >= 0.3 is 0 Å². The van der Waals surface area contributed by atoms with Gasteiger partial charge in [0.2, 0.25) is 5.91 Å². The number of halogens is 1. The first kappa shape index (κ1) is 19.3. The molecule has 0 spiro atoms. The first-order chi connectivity index (χ1) is 12.5. The van der Waals surface area contributed by atoms with Crippen LogP contribution in [0, 0.1) is 17.8 Å². The molecule has 5 nitrogen and oxygen atoms in total. The van der Waals surface area contributed by atoms with Crippen LogP contribution in [0.3, 0.4) is 0 Å². The maximum absolute atomic E-state index is 12.7. The number of hydrogen-bond acceptors (Lipinski definition) is 4. The molecule has 0 heterocycles. The Morgan fingerprint density at radius 3 is 2.62 bits per heavy atom. The molecule has 1 aromatic carbocycles. The third kappa shape index (κ3) is 4.09. The van der Waals surface area contributed by atoms with Crippen molar-refractivity contribution in [3.8, 4) is 11.5 Å². The van der Waals surface area contributed by atoms with Crippen molar-refractivity contribution in [3.05, 3.63) is 22.7 Å². The van der Waals surface area contributed by atoms with Crippen molar-refractivity contribution in [2.75, 3.05) is 13.7 Å². The third-order valence-electron chi connectivity index (χ3n) is 5.83. The molecule has 1 aromatic rings. The molecule has 3 N–H and O–H groups in total. The number of ether oxygens (including phenoxy) is 2. The van der Waals surface area contributed by atoms with Crippen LogP contribution >= 0.6 is 11.6 Å². The highest BCUT2D eigenvalue weighted by Crippen LogP contribution is 2.42. The van der Waals surface area contributed by atoms with Crippen molar-refractivity contribution in [3.63, 3.8) is 0 Å². The molecule has 2 bridgehead atoms. The number of amides is 1. The summed E-state index contributed by atoms with van der Waals surface area (Å²) in [7, 11) is 1.58. The van der Waals surface area contributed by atoms with Crippen LogP contribution in [0.4, 0.5) is 0 Å². The molecule has 2 atom stereocenters. The van der Waals surface area contributed by atoms with Crippen molar-refractivity contribution in [2.24, 2.45) is 23.5 Å². The van der Waals surface area contributed by atoms with Gasteiger partial charge in [-0.15, -0.1) is 0 Å². The van der Waals surface area contributed by atoms with E-state index in [4.69, 9.17) is 26.8 Å². The van der Waals surface area contributed by atoms with Gasteiger partial charge in [0.15, 0.2) is 11.5 Å². The van der Waals surface area contributed by atoms with E-state index in [1.54, 1.807) is 7.11 Å². The van der Waals surface area contributed by atoms with Crippen LogP contribution in [0.1, 0.15) is 44.6 Å². The average Bonchev–Trinajstić information content (AvgIpc) is 2.61. The highest BCUT2D eigenvalue weighted by atomic mass is 35.5. The Labute approximate surface area is 160 Å². The lowest BCUT2D eigenvalue weighted by Crippen LogP contribution is -2.49. The van der Waals surface area contributed by atoms with E-state index in [0.29, 0.717) is 41.5 Å². The van der Waals surface area contributed by atoms with E-state index in [1.807, 2.05) is 19.1 Å². The van der Waals surface area contributed by atoms with E-state index in [0.717, 1.165) is 31.2 Å². The standard InChI is InChI=1S/C20H29ClN2O3/c1-3-26-19-16(21)7-12(8-17(19)25-2)11-23-20(24)15-9-13-5-4-6-14(10-15)18(13)22/h7-8,13-15,18H,3-6,9-11,22H2,1-2H3,(H,23,24). The van der Waals surface area contributed by atoms with Crippen molar-refractivity contribution in [2.45, 2.75) is 51.6 Å². The van der Waals surface area contributed by atoms with Gasteiger partial charge in [0.25, 0.3) is 0 Å². The van der Waals surface area contributed by atoms with E-state index < -0.39 is 0 Å². The van der Waals surface area contributed by atoms with Crippen LogP contribution in [0.5, 0.6) is 11.5 Å². The van der Waals surface area contributed by atoms with Crippen LogP contribution in [0.2, 0.25) is 5.02 Å². The number of carbonyl (C=O) groups is 1. The molecule has 1 amide bonds. The summed E-state index contributed by atoms with van der Waals surface area (Å²) in [5, 5.41) is 3.56. The fourth-order valence-electron chi connectivity index (χ4n) is 4.50. The summed E-state index contributed by atoms with van der Waals surface area (Å²) in [6, 6.07) is 3.96. The van der Waals surface area contributed by atoms with Gasteiger partial charge in [-0.3, -0.25) is 4.79 Å². The molecule has 3 rings (SSSR count). The average molecular weight is 381 g/mol. The minimum atomic E-state index is 0.0742. The van der Waals surface area contributed by atoms with Gasteiger partial charge in [-0.05, 0) is 62.1 Å². The maximum Gasteiger partial charge on any atom is 0.223 e. The largest absolute Gasteiger partial charge is 0.493 e. The summed E-state index contributed by atoms with van der Waals surface area (Å²) in [6.45, 7) is 2.84. The Balaban J connectivity index is 1.62. The molecule has 26 heavy (non-hydrogen) atoms.